The van der Waals surface area contributed by atoms with Gasteiger partial charge in [0, 0.05) is 39.6 Å². The maximum Gasteiger partial charge on any atom is 0.306 e. The van der Waals surface area contributed by atoms with E-state index < -0.39 is 0 Å². The monoisotopic (exact) mass is 725 g/mol. The van der Waals surface area contributed by atoms with Crippen molar-refractivity contribution in [3.05, 3.63) is 0 Å². The molecule has 0 saturated carbocycles. The van der Waals surface area contributed by atoms with E-state index in [1.54, 1.807) is 7.11 Å². The van der Waals surface area contributed by atoms with Gasteiger partial charge in [0.2, 0.25) is 0 Å². The first kappa shape index (κ1) is 52.1. The van der Waals surface area contributed by atoms with Crippen LogP contribution in [-0.4, -0.2) is 63.2 Å². The SMILES string of the molecule is CCCCCCCCC(CCCCCCCC)OC(=O)CCCCCCCN(CCN)CCCCCC=O.CCCCCCCCCCCOC. The third kappa shape index (κ3) is 45.1. The Balaban J connectivity index is 0. The quantitative estimate of drug-likeness (QED) is 0.0384. The molecule has 0 rings (SSSR count). The summed E-state index contributed by atoms with van der Waals surface area (Å²) in [4.78, 5) is 25.5. The van der Waals surface area contributed by atoms with E-state index in [9.17, 15) is 9.59 Å². The minimum Gasteiger partial charge on any atom is -0.462 e. The molecule has 0 unspecified atom stereocenters. The van der Waals surface area contributed by atoms with E-state index in [1.807, 2.05) is 0 Å². The van der Waals surface area contributed by atoms with Crippen molar-refractivity contribution < 1.29 is 19.1 Å². The largest absolute Gasteiger partial charge is 0.462 e. The van der Waals surface area contributed by atoms with Crippen molar-refractivity contribution in [1.29, 1.82) is 0 Å². The predicted molar refractivity (Wildman–Crippen MR) is 223 cm³/mol. The Kier molecular flexibility index (Phi) is 48.1. The van der Waals surface area contributed by atoms with E-state index >= 15 is 0 Å². The molecule has 0 bridgehead atoms. The van der Waals surface area contributed by atoms with Gasteiger partial charge in [-0.15, -0.1) is 0 Å². The van der Waals surface area contributed by atoms with E-state index in [4.69, 9.17) is 15.2 Å². The van der Waals surface area contributed by atoms with Gasteiger partial charge >= 0.3 is 5.97 Å². The molecule has 0 spiro atoms. The number of esters is 1. The number of aldehydes is 1. The maximum atomic E-state index is 12.6. The summed E-state index contributed by atoms with van der Waals surface area (Å²) in [5, 5.41) is 0. The summed E-state index contributed by atoms with van der Waals surface area (Å²) in [5.74, 6) is 0.0238. The molecule has 0 aliphatic carbocycles. The third-order valence-electron chi connectivity index (χ3n) is 10.1. The number of carbonyl (C=O) groups excluding carboxylic acids is 2. The van der Waals surface area contributed by atoms with Crippen LogP contribution in [0.2, 0.25) is 0 Å². The molecule has 0 aliphatic rings. The molecule has 0 aliphatic heterocycles. The highest BCUT2D eigenvalue weighted by Gasteiger charge is 2.14. The van der Waals surface area contributed by atoms with Gasteiger partial charge < -0.3 is 24.9 Å². The van der Waals surface area contributed by atoms with E-state index in [0.29, 0.717) is 19.4 Å². The first-order valence-corrected chi connectivity index (χ1v) is 22.6. The second-order valence-corrected chi connectivity index (χ2v) is 15.2. The van der Waals surface area contributed by atoms with Crippen LogP contribution >= 0.6 is 0 Å². The minimum atomic E-state index is 0.0238. The zero-order chi connectivity index (χ0) is 37.7. The zero-order valence-electron chi connectivity index (χ0n) is 35.2. The van der Waals surface area contributed by atoms with Crippen molar-refractivity contribution in [1.82, 2.24) is 4.90 Å². The van der Waals surface area contributed by atoms with Crippen molar-refractivity contribution in [2.24, 2.45) is 5.73 Å². The fraction of sp³-hybridized carbons (Fsp3) is 0.956. The summed E-state index contributed by atoms with van der Waals surface area (Å²) in [6, 6.07) is 0. The standard InChI is InChI=1S/C33H66N2O3.C12H26O/c1-3-5-7-9-12-18-24-32(25-19-13-10-8-6-4-2)38-33(37)26-20-14-11-15-21-28-35(30-27-34)29-22-16-17-23-31-36;1-3-4-5-6-7-8-9-10-11-12-13-2/h31-32H,3-30,34H2,1-2H3;3-12H2,1-2H3. The van der Waals surface area contributed by atoms with Crippen molar-refractivity contribution in [3.8, 4) is 0 Å². The smallest absolute Gasteiger partial charge is 0.306 e. The predicted octanol–water partition coefficient (Wildman–Crippen LogP) is 12.9. The lowest BCUT2D eigenvalue weighted by Crippen LogP contribution is -2.31. The minimum absolute atomic E-state index is 0.0238. The maximum absolute atomic E-state index is 12.6. The lowest BCUT2D eigenvalue weighted by Gasteiger charge is -2.21. The Hall–Kier alpha value is -0.980. The van der Waals surface area contributed by atoms with Gasteiger partial charge in [0.25, 0.3) is 0 Å². The summed E-state index contributed by atoms with van der Waals surface area (Å²) < 4.78 is 11.0. The topological polar surface area (TPSA) is 81.9 Å². The van der Waals surface area contributed by atoms with Crippen LogP contribution < -0.4 is 5.73 Å². The molecule has 6 heteroatoms. The molecular formula is C45H92N2O4. The van der Waals surface area contributed by atoms with Gasteiger partial charge in [-0.25, -0.2) is 0 Å². The molecule has 0 heterocycles. The molecule has 0 amide bonds. The Morgan fingerprint density at radius 2 is 0.961 bits per heavy atom. The molecule has 0 aromatic heterocycles. The van der Waals surface area contributed by atoms with Gasteiger partial charge in [-0.3, -0.25) is 4.79 Å². The molecule has 0 radical (unpaired) electrons. The Labute approximate surface area is 319 Å². The van der Waals surface area contributed by atoms with Crippen molar-refractivity contribution in [2.75, 3.05) is 39.9 Å². The first-order valence-electron chi connectivity index (χ1n) is 22.6. The molecule has 0 fully saturated rings. The Bertz CT molecular complexity index is 636. The number of unbranched alkanes of at least 4 members (excludes halogenated alkanes) is 25. The number of hydrogen-bond donors (Lipinski definition) is 1. The molecule has 0 aromatic carbocycles. The van der Waals surface area contributed by atoms with Crippen LogP contribution in [0.15, 0.2) is 0 Å². The summed E-state index contributed by atoms with van der Waals surface area (Å²) in [6.45, 7) is 11.6. The highest BCUT2D eigenvalue weighted by molar-refractivity contribution is 5.69. The highest BCUT2D eigenvalue weighted by atomic mass is 16.5. The van der Waals surface area contributed by atoms with Crippen LogP contribution in [0.5, 0.6) is 0 Å². The second-order valence-electron chi connectivity index (χ2n) is 15.2. The number of hydrogen-bond acceptors (Lipinski definition) is 6. The Morgan fingerprint density at radius 1 is 0.549 bits per heavy atom. The van der Waals surface area contributed by atoms with Crippen LogP contribution in [0.1, 0.15) is 233 Å². The molecule has 0 aromatic rings. The van der Waals surface area contributed by atoms with Gasteiger partial charge in [0.05, 0.1) is 0 Å². The number of nitrogens with two attached hydrogens (primary N) is 1. The molecular weight excluding hydrogens is 633 g/mol. The molecule has 0 atom stereocenters. The lowest BCUT2D eigenvalue weighted by atomic mass is 10.0. The summed E-state index contributed by atoms with van der Waals surface area (Å²) >= 11 is 0. The van der Waals surface area contributed by atoms with Gasteiger partial charge in [-0.05, 0) is 70.9 Å². The fourth-order valence-electron chi connectivity index (χ4n) is 6.76. The average molecular weight is 725 g/mol. The normalized spacial score (nSPS) is 11.3. The van der Waals surface area contributed by atoms with Crippen LogP contribution in [0.3, 0.4) is 0 Å². The third-order valence-corrected chi connectivity index (χ3v) is 10.1. The molecule has 6 nitrogen and oxygen atoms in total. The molecule has 306 valence electrons. The van der Waals surface area contributed by atoms with E-state index in [1.165, 1.54) is 154 Å². The molecule has 0 saturated heterocycles. The van der Waals surface area contributed by atoms with Crippen LogP contribution in [0, 0.1) is 0 Å². The number of carbonyl (C=O) groups is 2. The number of methoxy groups -OCH3 is 1. The first-order chi connectivity index (χ1) is 25.1. The summed E-state index contributed by atoms with van der Waals surface area (Å²) in [7, 11) is 1.78. The van der Waals surface area contributed by atoms with Gasteiger partial charge in [0.15, 0.2) is 0 Å². The molecule has 2 N–H and O–H groups in total. The fourth-order valence-corrected chi connectivity index (χ4v) is 6.76. The van der Waals surface area contributed by atoms with Crippen LogP contribution in [0.4, 0.5) is 0 Å². The lowest BCUT2D eigenvalue weighted by molar-refractivity contribution is -0.150. The van der Waals surface area contributed by atoms with Gasteiger partial charge in [-0.1, -0.05) is 162 Å². The van der Waals surface area contributed by atoms with E-state index in [-0.39, 0.29) is 12.1 Å². The van der Waals surface area contributed by atoms with Crippen molar-refractivity contribution in [2.45, 2.75) is 239 Å². The zero-order valence-corrected chi connectivity index (χ0v) is 35.2. The van der Waals surface area contributed by atoms with Crippen molar-refractivity contribution >= 4 is 12.3 Å². The molecule has 51 heavy (non-hydrogen) atoms. The Morgan fingerprint density at radius 3 is 1.41 bits per heavy atom. The summed E-state index contributed by atoms with van der Waals surface area (Å²) in [5.41, 5.74) is 5.78. The van der Waals surface area contributed by atoms with E-state index in [0.717, 1.165) is 77.5 Å². The van der Waals surface area contributed by atoms with Crippen LogP contribution in [0.25, 0.3) is 0 Å². The average Bonchev–Trinajstić information content (AvgIpc) is 3.13. The van der Waals surface area contributed by atoms with Crippen molar-refractivity contribution in [3.63, 3.8) is 0 Å². The summed E-state index contributed by atoms with van der Waals surface area (Å²) in [6.07, 6.45) is 41.4. The number of nitrogens with zero attached hydrogens (tertiary/aromatic N) is 1. The highest BCUT2D eigenvalue weighted by Crippen LogP contribution is 2.18. The van der Waals surface area contributed by atoms with Crippen LogP contribution in [-0.2, 0) is 19.1 Å². The number of ether oxygens (including phenoxy) is 2. The number of rotatable bonds is 41. The van der Waals surface area contributed by atoms with Gasteiger partial charge in [0.1, 0.15) is 12.4 Å². The second kappa shape index (κ2) is 47.0. The van der Waals surface area contributed by atoms with E-state index in [2.05, 4.69) is 25.7 Å². The van der Waals surface area contributed by atoms with Gasteiger partial charge in [-0.2, -0.15) is 0 Å².